The Kier molecular flexibility index (Phi) is 8.94. The predicted molar refractivity (Wildman–Crippen MR) is 156 cm³/mol. The molecular weight excluding hydrogens is 575 g/mol. The highest BCUT2D eigenvalue weighted by molar-refractivity contribution is 7.17. The van der Waals surface area contributed by atoms with Crippen LogP contribution in [0, 0.1) is 18.8 Å². The molecule has 0 amide bonds. The second-order valence-corrected chi connectivity index (χ2v) is 11.8. The third-order valence-corrected chi connectivity index (χ3v) is 9.47. The summed E-state index contributed by atoms with van der Waals surface area (Å²) in [6.07, 6.45) is 4.56. The fourth-order valence-electron chi connectivity index (χ4n) is 5.13. The van der Waals surface area contributed by atoms with E-state index >= 15 is 0 Å². The predicted octanol–water partition coefficient (Wildman–Crippen LogP) is 5.29. The molecule has 0 saturated carbocycles. The number of nitrogens with zero attached hydrogens (tertiary/aromatic N) is 5. The fraction of sp³-hybridized carbons (Fsp3) is 0.519. The molecule has 0 aliphatic carbocycles. The van der Waals surface area contributed by atoms with Gasteiger partial charge in [0.05, 0.1) is 42.3 Å². The van der Waals surface area contributed by atoms with Gasteiger partial charge in [0, 0.05) is 38.3 Å². The second kappa shape index (κ2) is 12.4. The average Bonchev–Trinajstić information content (AvgIpc) is 3.52. The molecule has 13 heteroatoms. The molecule has 2 aliphatic rings. The monoisotopic (exact) mass is 606 g/mol. The van der Waals surface area contributed by atoms with Crippen molar-refractivity contribution in [2.45, 2.75) is 33.6 Å². The normalized spacial score (nSPS) is 19.6. The zero-order valence-electron chi connectivity index (χ0n) is 22.7. The summed E-state index contributed by atoms with van der Waals surface area (Å²) in [6, 6.07) is 0. The van der Waals surface area contributed by atoms with Crippen molar-refractivity contribution in [1.82, 2.24) is 19.9 Å². The number of aryl methyl sites for hydroxylation is 1. The lowest BCUT2D eigenvalue weighted by Gasteiger charge is -2.36. The molecule has 3 aromatic rings. The number of carbonyl (C=O) groups excluding carboxylic acids is 2. The molecule has 2 aliphatic heterocycles. The molecule has 5 heterocycles. The number of aromatic amines is 1. The molecule has 2 saturated heterocycles. The Morgan fingerprint density at radius 2 is 1.93 bits per heavy atom. The summed E-state index contributed by atoms with van der Waals surface area (Å²) in [5.74, 6) is 0.707. The van der Waals surface area contributed by atoms with Gasteiger partial charge in [-0.3, -0.25) is 4.79 Å². The number of ether oxygens (including phenoxy) is 2. The Labute approximate surface area is 247 Å². The molecule has 3 aromatic heterocycles. The van der Waals surface area contributed by atoms with E-state index < -0.39 is 5.97 Å². The number of Topliss-reactive ketones (excluding diaryl/α,β-unsaturated/α-hetero) is 1. The third-order valence-electron chi connectivity index (χ3n) is 7.43. The maximum Gasteiger partial charge on any atom is 0.350 e. The molecule has 0 unspecified atom stereocenters. The van der Waals surface area contributed by atoms with Gasteiger partial charge in [0.1, 0.15) is 27.8 Å². The lowest BCUT2D eigenvalue weighted by atomic mass is 9.83. The largest absolute Gasteiger partial charge is 0.462 e. The molecule has 2 atom stereocenters. The topological polar surface area (TPSA) is 114 Å². The number of aromatic nitrogens is 4. The van der Waals surface area contributed by atoms with E-state index in [0.717, 1.165) is 30.5 Å². The number of hydrogen-bond donors (Lipinski definition) is 1. The van der Waals surface area contributed by atoms with Gasteiger partial charge >= 0.3 is 5.97 Å². The summed E-state index contributed by atoms with van der Waals surface area (Å²) in [7, 11) is 0. The summed E-state index contributed by atoms with van der Waals surface area (Å²) in [6.45, 7) is 10.2. The van der Waals surface area contributed by atoms with E-state index in [4.69, 9.17) is 37.7 Å². The van der Waals surface area contributed by atoms with Gasteiger partial charge in [-0.05, 0) is 32.1 Å². The third kappa shape index (κ3) is 5.97. The molecule has 0 bridgehead atoms. The Bertz CT molecular complexity index is 1370. The van der Waals surface area contributed by atoms with Crippen molar-refractivity contribution >= 4 is 57.2 Å². The van der Waals surface area contributed by atoms with Gasteiger partial charge in [0.15, 0.2) is 10.9 Å². The van der Waals surface area contributed by atoms with Crippen LogP contribution in [0.4, 0.5) is 10.9 Å². The number of halogens is 2. The van der Waals surface area contributed by atoms with Crippen molar-refractivity contribution in [3.63, 3.8) is 0 Å². The number of carbonyl (C=O) groups is 2. The van der Waals surface area contributed by atoms with Crippen molar-refractivity contribution in [1.29, 1.82) is 0 Å². The average molecular weight is 608 g/mol. The van der Waals surface area contributed by atoms with E-state index in [0.29, 0.717) is 65.4 Å². The van der Waals surface area contributed by atoms with E-state index in [-0.39, 0.29) is 29.2 Å². The maximum absolute atomic E-state index is 13.0. The van der Waals surface area contributed by atoms with Crippen molar-refractivity contribution in [3.8, 4) is 11.4 Å². The summed E-state index contributed by atoms with van der Waals surface area (Å²) < 4.78 is 10.8. The fourth-order valence-corrected chi connectivity index (χ4v) is 6.57. The van der Waals surface area contributed by atoms with Crippen LogP contribution in [0.15, 0.2) is 12.4 Å². The van der Waals surface area contributed by atoms with Crippen LogP contribution >= 0.6 is 34.5 Å². The summed E-state index contributed by atoms with van der Waals surface area (Å²) in [4.78, 5) is 47.6. The molecule has 1 N–H and O–H groups in total. The van der Waals surface area contributed by atoms with Crippen molar-refractivity contribution in [2.75, 3.05) is 55.8 Å². The smallest absolute Gasteiger partial charge is 0.350 e. The van der Waals surface area contributed by atoms with Crippen LogP contribution in [0.1, 0.15) is 52.5 Å². The van der Waals surface area contributed by atoms with Gasteiger partial charge in [-0.1, -0.05) is 41.5 Å². The molecule has 0 spiro atoms. The number of piperidine rings is 1. The van der Waals surface area contributed by atoms with Gasteiger partial charge in [-0.2, -0.15) is 0 Å². The molecule has 0 radical (unpaired) electrons. The summed E-state index contributed by atoms with van der Waals surface area (Å²) in [5.41, 5.74) is 2.06. The Hall–Kier alpha value is -2.73. The number of morpholine rings is 1. The van der Waals surface area contributed by atoms with E-state index in [1.54, 1.807) is 26.2 Å². The first-order chi connectivity index (χ1) is 19.3. The number of rotatable bonds is 8. The SMILES string of the molecule is CCOC(=O)c1sc(N2CC[C@@H](CC(=O)c3[nH]c(C)c(Cl)c3Cl)[C@@H](C)C2)nc1-c1cnc(N2CCOCC2)cn1. The molecule has 2 fully saturated rings. The molecule has 5 rings (SSSR count). The van der Waals surface area contributed by atoms with Crippen LogP contribution in [0.3, 0.4) is 0 Å². The van der Waals surface area contributed by atoms with E-state index in [2.05, 4.69) is 31.7 Å². The molecule has 40 heavy (non-hydrogen) atoms. The number of ketones is 1. The van der Waals surface area contributed by atoms with Crippen LogP contribution in [-0.2, 0) is 9.47 Å². The maximum atomic E-state index is 13.0. The summed E-state index contributed by atoms with van der Waals surface area (Å²) in [5, 5.41) is 1.41. The van der Waals surface area contributed by atoms with Crippen LogP contribution < -0.4 is 9.80 Å². The first-order valence-corrected chi connectivity index (χ1v) is 15.0. The number of nitrogens with one attached hydrogen (secondary N) is 1. The highest BCUT2D eigenvalue weighted by Gasteiger charge is 2.32. The highest BCUT2D eigenvalue weighted by Crippen LogP contribution is 2.38. The van der Waals surface area contributed by atoms with Gasteiger partial charge in [0.25, 0.3) is 0 Å². The van der Waals surface area contributed by atoms with Crippen LogP contribution in [0.5, 0.6) is 0 Å². The number of hydrogen-bond acceptors (Lipinski definition) is 10. The zero-order chi connectivity index (χ0) is 28.4. The first-order valence-electron chi connectivity index (χ1n) is 13.4. The van der Waals surface area contributed by atoms with E-state index in [9.17, 15) is 9.59 Å². The van der Waals surface area contributed by atoms with Gasteiger partial charge in [-0.25, -0.2) is 19.7 Å². The minimum absolute atomic E-state index is 0.0365. The standard InChI is InChI=1S/C27H32Cl2N6O4S/c1-4-39-26(37)25-23(18-12-31-20(13-30-18)34-7-9-38-10-8-34)33-27(40-25)35-6-5-17(15(2)14-35)11-19(36)24-22(29)21(28)16(3)32-24/h12-13,15,17,32H,4-11,14H2,1-3H3/t15-,17-/m0/s1. The first kappa shape index (κ1) is 28.8. The second-order valence-electron chi connectivity index (χ2n) is 10.1. The number of anilines is 2. The Balaban J connectivity index is 1.32. The molecule has 0 aromatic carbocycles. The quantitative estimate of drug-likeness (QED) is 0.270. The Morgan fingerprint density at radius 1 is 1.15 bits per heavy atom. The van der Waals surface area contributed by atoms with E-state index in [1.807, 2.05) is 0 Å². The van der Waals surface area contributed by atoms with E-state index in [1.165, 1.54) is 11.3 Å². The van der Waals surface area contributed by atoms with Crippen LogP contribution in [-0.4, -0.2) is 77.7 Å². The van der Waals surface area contributed by atoms with Gasteiger partial charge in [0.2, 0.25) is 0 Å². The number of H-pyrrole nitrogens is 1. The van der Waals surface area contributed by atoms with Crippen molar-refractivity contribution in [3.05, 3.63) is 38.7 Å². The van der Waals surface area contributed by atoms with Crippen molar-refractivity contribution < 1.29 is 19.1 Å². The Morgan fingerprint density at radius 3 is 2.55 bits per heavy atom. The zero-order valence-corrected chi connectivity index (χ0v) is 25.0. The molecule has 10 nitrogen and oxygen atoms in total. The summed E-state index contributed by atoms with van der Waals surface area (Å²) >= 11 is 13.7. The lowest BCUT2D eigenvalue weighted by molar-refractivity contribution is 0.0532. The van der Waals surface area contributed by atoms with Crippen LogP contribution in [0.25, 0.3) is 11.4 Å². The van der Waals surface area contributed by atoms with Crippen LogP contribution in [0.2, 0.25) is 10.0 Å². The van der Waals surface area contributed by atoms with Crippen molar-refractivity contribution in [2.24, 2.45) is 11.8 Å². The number of esters is 1. The highest BCUT2D eigenvalue weighted by atomic mass is 35.5. The van der Waals surface area contributed by atoms with Gasteiger partial charge in [-0.15, -0.1) is 0 Å². The molecular formula is C27H32Cl2N6O4S. The lowest BCUT2D eigenvalue weighted by Crippen LogP contribution is -2.40. The minimum atomic E-state index is -0.425. The van der Waals surface area contributed by atoms with Gasteiger partial charge < -0.3 is 24.3 Å². The minimum Gasteiger partial charge on any atom is -0.462 e. The molecule has 214 valence electrons. The number of thiazole rings is 1.